The van der Waals surface area contributed by atoms with Gasteiger partial charge in [0.05, 0.1) is 0 Å². The Morgan fingerprint density at radius 1 is 0.786 bits per heavy atom. The van der Waals surface area contributed by atoms with E-state index in [-0.39, 0.29) is 59.1 Å². The van der Waals surface area contributed by atoms with Crippen molar-refractivity contribution >= 4 is 20.2 Å². The molecule has 0 heterocycles. The second-order valence-electron chi connectivity index (χ2n) is 1.32. The van der Waals surface area contributed by atoms with Crippen molar-refractivity contribution in [3.8, 4) is 0 Å². The molecule has 0 unspecified atom stereocenters. The Balaban J connectivity index is -0.0000000625. The van der Waals surface area contributed by atoms with Crippen molar-refractivity contribution in [2.24, 2.45) is 0 Å². The number of hydrogen-bond acceptors (Lipinski definition) is 6. The van der Waals surface area contributed by atoms with Crippen molar-refractivity contribution in [2.45, 2.75) is 0 Å². The van der Waals surface area contributed by atoms with E-state index in [1.807, 2.05) is 0 Å². The maximum atomic E-state index is 9.33. The summed E-state index contributed by atoms with van der Waals surface area (Å²) >= 11 is 0. The van der Waals surface area contributed by atoms with E-state index in [4.69, 9.17) is 0 Å². The molecule has 0 bridgehead atoms. The van der Waals surface area contributed by atoms with Crippen LogP contribution in [0.4, 0.5) is 0 Å². The summed E-state index contributed by atoms with van der Waals surface area (Å²) in [5, 5.41) is 0.708. The molecule has 0 rings (SSSR count). The SMILES string of the molecule is C=CS(=O)(=O)[O-].C=CS(=O)(=O)[O-].[Na+].[Na+]. The molecule has 0 amide bonds. The molecule has 0 atom stereocenters. The third-order valence-corrected chi connectivity index (χ3v) is 1.22. The second kappa shape index (κ2) is 10.8. The maximum absolute atomic E-state index is 9.33. The zero-order chi connectivity index (χ0) is 10.4. The fourth-order valence-corrected chi connectivity index (χ4v) is 0. The summed E-state index contributed by atoms with van der Waals surface area (Å²) in [6.07, 6.45) is 0. The Morgan fingerprint density at radius 2 is 0.857 bits per heavy atom. The van der Waals surface area contributed by atoms with Crippen LogP contribution in [0.2, 0.25) is 0 Å². The van der Waals surface area contributed by atoms with Crippen molar-refractivity contribution in [3.05, 3.63) is 24.0 Å². The van der Waals surface area contributed by atoms with E-state index < -0.39 is 20.2 Å². The van der Waals surface area contributed by atoms with Crippen LogP contribution in [-0.4, -0.2) is 25.9 Å². The van der Waals surface area contributed by atoms with E-state index in [9.17, 15) is 25.9 Å². The van der Waals surface area contributed by atoms with Gasteiger partial charge in [0.15, 0.2) is 0 Å². The molecule has 6 nitrogen and oxygen atoms in total. The summed E-state index contributed by atoms with van der Waals surface area (Å²) in [5.41, 5.74) is 0. The minimum absolute atomic E-state index is 0. The number of hydrogen-bond donors (Lipinski definition) is 0. The Labute approximate surface area is 128 Å². The largest absolute Gasteiger partial charge is 1.00 e. The van der Waals surface area contributed by atoms with Crippen LogP contribution in [0.25, 0.3) is 0 Å². The average Bonchev–Trinajstić information content (AvgIpc) is 1.86. The molecule has 0 radical (unpaired) electrons. The Morgan fingerprint density at radius 3 is 0.857 bits per heavy atom. The van der Waals surface area contributed by atoms with E-state index in [0.29, 0.717) is 10.8 Å². The van der Waals surface area contributed by atoms with Gasteiger partial charge in [0.25, 0.3) is 0 Å². The molecule has 0 aliphatic rings. The van der Waals surface area contributed by atoms with Gasteiger partial charge >= 0.3 is 59.1 Å². The predicted molar refractivity (Wildman–Crippen MR) is 39.8 cm³/mol. The molecular weight excluding hydrogens is 254 g/mol. The maximum Gasteiger partial charge on any atom is 1.00 e. The molecule has 0 spiro atoms. The van der Waals surface area contributed by atoms with E-state index in [1.165, 1.54) is 0 Å². The van der Waals surface area contributed by atoms with Crippen molar-refractivity contribution in [1.29, 1.82) is 0 Å². The summed E-state index contributed by atoms with van der Waals surface area (Å²) in [6.45, 7) is 5.46. The minimum Gasteiger partial charge on any atom is -0.745 e. The normalized spacial score (nSPS) is 9.29. The van der Waals surface area contributed by atoms with Gasteiger partial charge < -0.3 is 9.11 Å². The zero-order valence-electron chi connectivity index (χ0n) is 7.83. The molecule has 0 aliphatic carbocycles. The monoisotopic (exact) mass is 260 g/mol. The molecule has 72 valence electrons. The van der Waals surface area contributed by atoms with E-state index in [1.54, 1.807) is 0 Å². The number of rotatable bonds is 2. The average molecular weight is 260 g/mol. The van der Waals surface area contributed by atoms with Crippen LogP contribution in [0.1, 0.15) is 0 Å². The van der Waals surface area contributed by atoms with Crippen molar-refractivity contribution in [2.75, 3.05) is 0 Å². The standard InChI is InChI=1S/2C2H4O3S.2Na/c2*1-2-6(3,4)5;;/h2*2H,1H2,(H,3,4,5);;/q;;2*+1/p-2. The first kappa shape index (κ1) is 24.5. The van der Waals surface area contributed by atoms with E-state index in [0.717, 1.165) is 0 Å². The third-order valence-electron chi connectivity index (χ3n) is 0.408. The van der Waals surface area contributed by atoms with Gasteiger partial charge in [0, 0.05) is 10.8 Å². The summed E-state index contributed by atoms with van der Waals surface area (Å²) < 4.78 is 56.0. The Kier molecular flexibility index (Phi) is 18.9. The topological polar surface area (TPSA) is 114 Å². The molecule has 0 fully saturated rings. The van der Waals surface area contributed by atoms with Crippen LogP contribution in [-0.2, 0) is 20.2 Å². The van der Waals surface area contributed by atoms with E-state index in [2.05, 4.69) is 13.2 Å². The van der Waals surface area contributed by atoms with Gasteiger partial charge in [-0.25, -0.2) is 16.8 Å². The van der Waals surface area contributed by atoms with Crippen LogP contribution in [0.3, 0.4) is 0 Å². The molecule has 14 heavy (non-hydrogen) atoms. The van der Waals surface area contributed by atoms with Gasteiger partial charge in [-0.3, -0.25) is 0 Å². The van der Waals surface area contributed by atoms with E-state index >= 15 is 0 Å². The first-order chi connectivity index (χ1) is 5.12. The molecule has 0 aromatic carbocycles. The van der Waals surface area contributed by atoms with Crippen molar-refractivity contribution < 1.29 is 85.1 Å². The van der Waals surface area contributed by atoms with Crippen LogP contribution in [0.15, 0.2) is 24.0 Å². The van der Waals surface area contributed by atoms with Gasteiger partial charge in [0.2, 0.25) is 0 Å². The third kappa shape index (κ3) is 37.8. The second-order valence-corrected chi connectivity index (χ2v) is 3.96. The molecule has 0 N–H and O–H groups in total. The zero-order valence-corrected chi connectivity index (χ0v) is 13.5. The van der Waals surface area contributed by atoms with Gasteiger partial charge in [-0.2, -0.15) is 0 Å². The molecule has 0 aliphatic heterocycles. The first-order valence-corrected chi connectivity index (χ1v) is 5.23. The molecular formula is C4H6Na2O6S2. The van der Waals surface area contributed by atoms with Gasteiger partial charge in [0.1, 0.15) is 20.2 Å². The van der Waals surface area contributed by atoms with Gasteiger partial charge in [-0.1, -0.05) is 13.2 Å². The Bertz CT molecular complexity index is 283. The van der Waals surface area contributed by atoms with Crippen LogP contribution >= 0.6 is 0 Å². The fourth-order valence-electron chi connectivity index (χ4n) is 0. The van der Waals surface area contributed by atoms with Gasteiger partial charge in [-0.05, 0) is 0 Å². The summed E-state index contributed by atoms with van der Waals surface area (Å²) in [4.78, 5) is 0. The molecule has 0 saturated carbocycles. The summed E-state index contributed by atoms with van der Waals surface area (Å²) in [6, 6.07) is 0. The summed E-state index contributed by atoms with van der Waals surface area (Å²) in [7, 11) is -8.30. The quantitative estimate of drug-likeness (QED) is 0.360. The molecule has 10 heteroatoms. The summed E-state index contributed by atoms with van der Waals surface area (Å²) in [5.74, 6) is 0. The van der Waals surface area contributed by atoms with Crippen LogP contribution < -0.4 is 59.1 Å². The van der Waals surface area contributed by atoms with Crippen LogP contribution in [0.5, 0.6) is 0 Å². The van der Waals surface area contributed by atoms with Crippen LogP contribution in [0, 0.1) is 0 Å². The fraction of sp³-hybridized carbons (Fsp3) is 0. The molecule has 0 aromatic rings. The molecule has 0 aromatic heterocycles. The smallest absolute Gasteiger partial charge is 0.745 e. The van der Waals surface area contributed by atoms with Crippen molar-refractivity contribution in [1.82, 2.24) is 0 Å². The minimum atomic E-state index is -4.15. The van der Waals surface area contributed by atoms with Crippen molar-refractivity contribution in [3.63, 3.8) is 0 Å². The molecule has 0 saturated heterocycles. The Hall–Kier alpha value is 1.30. The predicted octanol–water partition coefficient (Wildman–Crippen LogP) is -6.64. The van der Waals surface area contributed by atoms with Gasteiger partial charge in [-0.15, -0.1) is 0 Å². The first-order valence-electron chi connectivity index (χ1n) is 2.29.